The van der Waals surface area contributed by atoms with E-state index in [2.05, 4.69) is 0 Å². The summed E-state index contributed by atoms with van der Waals surface area (Å²) >= 11 is 0. The molecule has 1 atom stereocenters. The van der Waals surface area contributed by atoms with Crippen LogP contribution in [0.15, 0.2) is 12.2 Å². The van der Waals surface area contributed by atoms with E-state index in [1.54, 1.807) is 6.92 Å². The zero-order valence-corrected chi connectivity index (χ0v) is 7.11. The van der Waals surface area contributed by atoms with Crippen LogP contribution in [-0.2, 0) is 14.3 Å². The molecule has 0 aliphatic heterocycles. The van der Waals surface area contributed by atoms with Gasteiger partial charge in [-0.05, 0) is 13.8 Å². The first-order valence-corrected chi connectivity index (χ1v) is 3.61. The normalized spacial score (nSPS) is 12.8. The molecule has 0 unspecified atom stereocenters. The van der Waals surface area contributed by atoms with Gasteiger partial charge in [0.1, 0.15) is 6.10 Å². The van der Waals surface area contributed by atoms with Crippen molar-refractivity contribution >= 4 is 11.9 Å². The van der Waals surface area contributed by atoms with Crippen molar-refractivity contribution in [3.8, 4) is 0 Å². The maximum Gasteiger partial charge on any atom is 0.330 e. The summed E-state index contributed by atoms with van der Waals surface area (Å²) in [7, 11) is 0. The molecular weight excluding hydrogens is 160 g/mol. The third-order valence-corrected chi connectivity index (χ3v) is 1.08. The second-order valence-corrected chi connectivity index (χ2v) is 2.35. The summed E-state index contributed by atoms with van der Waals surface area (Å²) in [5.74, 6) is -1.48. The van der Waals surface area contributed by atoms with Crippen molar-refractivity contribution < 1.29 is 19.4 Å². The van der Waals surface area contributed by atoms with Gasteiger partial charge in [-0.25, -0.2) is 4.79 Å². The van der Waals surface area contributed by atoms with E-state index in [9.17, 15) is 9.59 Å². The average Bonchev–Trinajstić information content (AvgIpc) is 1.84. The molecule has 0 saturated heterocycles. The van der Waals surface area contributed by atoms with Crippen LogP contribution in [0.5, 0.6) is 0 Å². The lowest BCUT2D eigenvalue weighted by Gasteiger charge is -2.07. The highest BCUT2D eigenvalue weighted by Gasteiger charge is 2.10. The van der Waals surface area contributed by atoms with Crippen molar-refractivity contribution in [2.45, 2.75) is 26.4 Å². The third kappa shape index (κ3) is 5.46. The molecule has 0 radical (unpaired) electrons. The summed E-state index contributed by atoms with van der Waals surface area (Å²) < 4.78 is 4.70. The fraction of sp³-hybridized carbons (Fsp3) is 0.500. The van der Waals surface area contributed by atoms with E-state index >= 15 is 0 Å². The largest absolute Gasteiger partial charge is 0.481 e. The monoisotopic (exact) mass is 172 g/mol. The average molecular weight is 172 g/mol. The minimum absolute atomic E-state index is 0.163. The molecule has 68 valence electrons. The van der Waals surface area contributed by atoms with E-state index in [1.165, 1.54) is 19.1 Å². The summed E-state index contributed by atoms with van der Waals surface area (Å²) in [5.41, 5.74) is 0. The highest BCUT2D eigenvalue weighted by Crippen LogP contribution is 1.98. The minimum Gasteiger partial charge on any atom is -0.481 e. The van der Waals surface area contributed by atoms with E-state index in [0.717, 1.165) is 0 Å². The standard InChI is InChI=1S/C8H12O4/c1-3-4-8(11)12-6(2)5-7(9)10/h3-4,6H,5H2,1-2H3,(H,9,10)/b4-3+/t6-/m1/s1. The molecule has 4 nitrogen and oxygen atoms in total. The van der Waals surface area contributed by atoms with Gasteiger partial charge in [0.15, 0.2) is 0 Å². The summed E-state index contributed by atoms with van der Waals surface area (Å²) in [6.07, 6.45) is 2.04. The fourth-order valence-corrected chi connectivity index (χ4v) is 0.661. The highest BCUT2D eigenvalue weighted by atomic mass is 16.5. The number of allylic oxidation sites excluding steroid dienone is 1. The Morgan fingerprint density at radius 3 is 2.58 bits per heavy atom. The van der Waals surface area contributed by atoms with Gasteiger partial charge < -0.3 is 9.84 Å². The number of aliphatic carboxylic acids is 1. The predicted octanol–water partition coefficient (Wildman–Crippen LogP) is 0.969. The Labute approximate surface area is 70.8 Å². The van der Waals surface area contributed by atoms with Crippen LogP contribution in [0, 0.1) is 0 Å². The number of ether oxygens (including phenoxy) is 1. The molecule has 0 bridgehead atoms. The van der Waals surface area contributed by atoms with Gasteiger partial charge in [-0.15, -0.1) is 0 Å². The van der Waals surface area contributed by atoms with Crippen LogP contribution in [0.4, 0.5) is 0 Å². The van der Waals surface area contributed by atoms with Crippen LogP contribution in [0.25, 0.3) is 0 Å². The highest BCUT2D eigenvalue weighted by molar-refractivity contribution is 5.82. The molecule has 0 fully saturated rings. The van der Waals surface area contributed by atoms with Crippen LogP contribution in [0.1, 0.15) is 20.3 Å². The zero-order valence-electron chi connectivity index (χ0n) is 7.11. The summed E-state index contributed by atoms with van der Waals surface area (Å²) in [6.45, 7) is 3.22. The first-order chi connectivity index (χ1) is 5.56. The topological polar surface area (TPSA) is 63.6 Å². The molecule has 0 heterocycles. The molecule has 0 aromatic heterocycles. The molecule has 1 N–H and O–H groups in total. The van der Waals surface area contributed by atoms with Crippen molar-refractivity contribution in [3.63, 3.8) is 0 Å². The van der Waals surface area contributed by atoms with E-state index in [4.69, 9.17) is 9.84 Å². The van der Waals surface area contributed by atoms with Gasteiger partial charge in [-0.1, -0.05) is 6.08 Å². The second kappa shape index (κ2) is 5.35. The molecule has 0 rings (SSSR count). The Balaban J connectivity index is 3.76. The SMILES string of the molecule is C/C=C/C(=O)O[C@H](C)CC(=O)O. The molecule has 0 amide bonds. The zero-order chi connectivity index (χ0) is 9.56. The van der Waals surface area contributed by atoms with Crippen LogP contribution in [-0.4, -0.2) is 23.1 Å². The van der Waals surface area contributed by atoms with E-state index < -0.39 is 18.0 Å². The number of rotatable bonds is 4. The first-order valence-electron chi connectivity index (χ1n) is 3.61. The predicted molar refractivity (Wildman–Crippen MR) is 42.6 cm³/mol. The molecule has 0 aliphatic carbocycles. The van der Waals surface area contributed by atoms with Crippen molar-refractivity contribution in [2.24, 2.45) is 0 Å². The Kier molecular flexibility index (Phi) is 4.76. The number of esters is 1. The number of carboxylic acid groups (broad SMARTS) is 1. The number of hydrogen-bond acceptors (Lipinski definition) is 3. The molecular formula is C8H12O4. The van der Waals surface area contributed by atoms with Crippen molar-refractivity contribution in [3.05, 3.63) is 12.2 Å². The molecule has 0 aliphatic rings. The Morgan fingerprint density at radius 2 is 2.17 bits per heavy atom. The lowest BCUT2D eigenvalue weighted by atomic mass is 10.3. The van der Waals surface area contributed by atoms with Crippen molar-refractivity contribution in [1.29, 1.82) is 0 Å². The maximum absolute atomic E-state index is 10.7. The lowest BCUT2D eigenvalue weighted by Crippen LogP contribution is -2.16. The quantitative estimate of drug-likeness (QED) is 0.507. The second-order valence-electron chi connectivity index (χ2n) is 2.35. The maximum atomic E-state index is 10.7. The Hall–Kier alpha value is -1.32. The smallest absolute Gasteiger partial charge is 0.330 e. The first kappa shape index (κ1) is 10.7. The number of carbonyl (C=O) groups excluding carboxylic acids is 1. The summed E-state index contributed by atoms with van der Waals surface area (Å²) in [5, 5.41) is 8.32. The molecule has 0 spiro atoms. The molecule has 12 heavy (non-hydrogen) atoms. The molecule has 0 aromatic rings. The van der Waals surface area contributed by atoms with Crippen LogP contribution in [0.3, 0.4) is 0 Å². The van der Waals surface area contributed by atoms with Gasteiger partial charge in [-0.3, -0.25) is 4.79 Å². The van der Waals surface area contributed by atoms with Gasteiger partial charge in [0.05, 0.1) is 6.42 Å². The number of hydrogen-bond donors (Lipinski definition) is 1. The van der Waals surface area contributed by atoms with Crippen molar-refractivity contribution in [1.82, 2.24) is 0 Å². The van der Waals surface area contributed by atoms with Gasteiger partial charge >= 0.3 is 11.9 Å². The summed E-state index contributed by atoms with van der Waals surface area (Å²) in [4.78, 5) is 20.9. The van der Waals surface area contributed by atoms with Gasteiger partial charge in [0.2, 0.25) is 0 Å². The molecule has 0 saturated carbocycles. The van der Waals surface area contributed by atoms with Crippen molar-refractivity contribution in [2.75, 3.05) is 0 Å². The van der Waals surface area contributed by atoms with E-state index in [0.29, 0.717) is 0 Å². The Bertz CT molecular complexity index is 195. The third-order valence-electron chi connectivity index (χ3n) is 1.08. The minimum atomic E-state index is -0.976. The van der Waals surface area contributed by atoms with Gasteiger partial charge in [0, 0.05) is 6.08 Å². The Morgan fingerprint density at radius 1 is 1.58 bits per heavy atom. The van der Waals surface area contributed by atoms with Crippen LogP contribution >= 0.6 is 0 Å². The van der Waals surface area contributed by atoms with E-state index in [-0.39, 0.29) is 6.42 Å². The molecule has 0 aromatic carbocycles. The van der Waals surface area contributed by atoms with Gasteiger partial charge in [-0.2, -0.15) is 0 Å². The number of carboxylic acids is 1. The van der Waals surface area contributed by atoms with Gasteiger partial charge in [0.25, 0.3) is 0 Å². The summed E-state index contributed by atoms with van der Waals surface area (Å²) in [6, 6.07) is 0. The lowest BCUT2D eigenvalue weighted by molar-refractivity contribution is -0.147. The fourth-order valence-electron chi connectivity index (χ4n) is 0.661. The van der Waals surface area contributed by atoms with Crippen LogP contribution < -0.4 is 0 Å². The molecule has 4 heteroatoms. The van der Waals surface area contributed by atoms with E-state index in [1.807, 2.05) is 0 Å². The number of carbonyl (C=O) groups is 2. The van der Waals surface area contributed by atoms with Crippen LogP contribution in [0.2, 0.25) is 0 Å².